The van der Waals surface area contributed by atoms with Crippen molar-refractivity contribution in [3.8, 4) is 0 Å². The minimum absolute atomic E-state index is 0.836. The van der Waals surface area contributed by atoms with Gasteiger partial charge in [-0.2, -0.15) is 0 Å². The van der Waals surface area contributed by atoms with Crippen LogP contribution in [0.3, 0.4) is 0 Å². The molecule has 0 fully saturated rings. The first kappa shape index (κ1) is 13.3. The zero-order chi connectivity index (χ0) is 13.2. The van der Waals surface area contributed by atoms with E-state index in [1.165, 1.54) is 49.8 Å². The summed E-state index contributed by atoms with van der Waals surface area (Å²) in [5.74, 6) is 0.836. The van der Waals surface area contributed by atoms with Crippen molar-refractivity contribution in [2.75, 3.05) is 0 Å². The molecule has 0 saturated carbocycles. The lowest BCUT2D eigenvalue weighted by Crippen LogP contribution is -2.01. The summed E-state index contributed by atoms with van der Waals surface area (Å²) in [4.78, 5) is 1.26. The molecular formula is C18H24S. The van der Waals surface area contributed by atoms with Crippen molar-refractivity contribution in [2.45, 2.75) is 70.6 Å². The Morgan fingerprint density at radius 1 is 1.21 bits per heavy atom. The Morgan fingerprint density at radius 3 is 2.89 bits per heavy atom. The van der Waals surface area contributed by atoms with E-state index in [1.807, 2.05) is 0 Å². The largest absolute Gasteiger partial charge is 0.0897 e. The summed E-state index contributed by atoms with van der Waals surface area (Å²) in [5.41, 5.74) is 6.80. The lowest BCUT2D eigenvalue weighted by Gasteiger charge is -2.16. The number of rotatable bonds is 5. The lowest BCUT2D eigenvalue weighted by atomic mass is 9.89. The molecule has 1 aromatic rings. The van der Waals surface area contributed by atoms with Crippen molar-refractivity contribution in [1.29, 1.82) is 0 Å². The molecule has 0 aromatic heterocycles. The van der Waals surface area contributed by atoms with Crippen LogP contribution in [0.25, 0.3) is 0 Å². The smallest absolute Gasteiger partial charge is 0.00742 e. The summed E-state index contributed by atoms with van der Waals surface area (Å²) in [6.45, 7) is 2.18. The van der Waals surface area contributed by atoms with Crippen LogP contribution >= 0.6 is 12.2 Å². The van der Waals surface area contributed by atoms with E-state index in [9.17, 15) is 0 Å². The van der Waals surface area contributed by atoms with Gasteiger partial charge in [0.25, 0.3) is 0 Å². The third-order valence-corrected chi connectivity index (χ3v) is 5.48. The Balaban J connectivity index is 1.71. The fourth-order valence-corrected chi connectivity index (χ4v) is 4.10. The van der Waals surface area contributed by atoms with Crippen molar-refractivity contribution in [1.82, 2.24) is 0 Å². The van der Waals surface area contributed by atoms with Gasteiger partial charge in [0.15, 0.2) is 0 Å². The number of aryl methyl sites for hydroxylation is 2. The standard InChI is InChI=1S/C18H24S/c1-2-16(19)7-3-6-14-11-12-15-10-9-13-5-4-8-17(13)18(14)15/h9-10,14H,2-8,11-12H2,1H3. The third-order valence-electron chi connectivity index (χ3n) is 4.99. The summed E-state index contributed by atoms with van der Waals surface area (Å²) in [6, 6.07) is 4.81. The quantitative estimate of drug-likeness (QED) is 0.668. The van der Waals surface area contributed by atoms with E-state index < -0.39 is 0 Å². The van der Waals surface area contributed by atoms with Crippen LogP contribution in [-0.4, -0.2) is 4.86 Å². The first-order valence-electron chi connectivity index (χ1n) is 7.94. The molecule has 2 aliphatic carbocycles. The molecule has 1 aromatic carbocycles. The van der Waals surface area contributed by atoms with E-state index in [0.29, 0.717) is 0 Å². The van der Waals surface area contributed by atoms with Crippen LogP contribution in [-0.2, 0) is 19.3 Å². The molecule has 0 amide bonds. The van der Waals surface area contributed by atoms with E-state index in [4.69, 9.17) is 12.2 Å². The molecular weight excluding hydrogens is 248 g/mol. The highest BCUT2D eigenvalue weighted by Crippen LogP contribution is 2.42. The molecule has 1 unspecified atom stereocenters. The molecule has 0 bridgehead atoms. The van der Waals surface area contributed by atoms with Crippen LogP contribution < -0.4 is 0 Å². The molecule has 0 saturated heterocycles. The average Bonchev–Trinajstić information content (AvgIpc) is 3.03. The molecule has 0 aliphatic heterocycles. The fraction of sp³-hybridized carbons (Fsp3) is 0.611. The van der Waals surface area contributed by atoms with Crippen LogP contribution in [0.1, 0.15) is 73.6 Å². The lowest BCUT2D eigenvalue weighted by molar-refractivity contribution is 0.593. The summed E-state index contributed by atoms with van der Waals surface area (Å²) >= 11 is 5.35. The van der Waals surface area contributed by atoms with Gasteiger partial charge in [0, 0.05) is 0 Å². The highest BCUT2D eigenvalue weighted by Gasteiger charge is 2.27. The molecule has 0 spiro atoms. The van der Waals surface area contributed by atoms with Gasteiger partial charge in [0.05, 0.1) is 0 Å². The second-order valence-corrected chi connectivity index (χ2v) is 6.73. The van der Waals surface area contributed by atoms with Crippen molar-refractivity contribution in [3.63, 3.8) is 0 Å². The number of hydrogen-bond acceptors (Lipinski definition) is 1. The van der Waals surface area contributed by atoms with Crippen LogP contribution in [0.15, 0.2) is 12.1 Å². The van der Waals surface area contributed by atoms with Crippen molar-refractivity contribution in [3.05, 3.63) is 34.4 Å². The first-order chi connectivity index (χ1) is 9.29. The topological polar surface area (TPSA) is 0 Å². The molecule has 2 aliphatic rings. The molecule has 3 rings (SSSR count). The van der Waals surface area contributed by atoms with Gasteiger partial charge in [-0.25, -0.2) is 0 Å². The predicted molar refractivity (Wildman–Crippen MR) is 86.3 cm³/mol. The van der Waals surface area contributed by atoms with Gasteiger partial charge in [-0.05, 0) is 90.8 Å². The monoisotopic (exact) mass is 272 g/mol. The van der Waals surface area contributed by atoms with Crippen LogP contribution in [0.4, 0.5) is 0 Å². The normalized spacial score (nSPS) is 20.4. The average molecular weight is 272 g/mol. The van der Waals surface area contributed by atoms with E-state index in [0.717, 1.165) is 18.8 Å². The van der Waals surface area contributed by atoms with Crippen molar-refractivity contribution in [2.24, 2.45) is 0 Å². The second kappa shape index (κ2) is 5.75. The SMILES string of the molecule is CCC(=S)CCCC1CCc2ccc3c(c21)CCC3. The van der Waals surface area contributed by atoms with Crippen molar-refractivity contribution < 1.29 is 0 Å². The van der Waals surface area contributed by atoms with Crippen molar-refractivity contribution >= 4 is 17.1 Å². The summed E-state index contributed by atoms with van der Waals surface area (Å²) < 4.78 is 0. The molecule has 1 heteroatoms. The van der Waals surface area contributed by atoms with Gasteiger partial charge >= 0.3 is 0 Å². The number of thiocarbonyl (C=S) groups is 1. The maximum Gasteiger partial charge on any atom is -0.00742 e. The van der Waals surface area contributed by atoms with Gasteiger partial charge in [0.2, 0.25) is 0 Å². The Bertz CT molecular complexity index is 487. The molecule has 0 radical (unpaired) electrons. The Hall–Kier alpha value is -0.690. The van der Waals surface area contributed by atoms with Gasteiger partial charge in [0.1, 0.15) is 0 Å². The molecule has 0 heterocycles. The maximum absolute atomic E-state index is 5.35. The van der Waals surface area contributed by atoms with Crippen LogP contribution in [0, 0.1) is 0 Å². The molecule has 19 heavy (non-hydrogen) atoms. The Labute approximate surface area is 122 Å². The number of benzene rings is 1. The molecule has 102 valence electrons. The van der Waals surface area contributed by atoms with Gasteiger partial charge in [-0.3, -0.25) is 0 Å². The number of hydrogen-bond donors (Lipinski definition) is 0. The Kier molecular flexibility index (Phi) is 4.02. The summed E-state index contributed by atoms with van der Waals surface area (Å²) in [5, 5.41) is 0. The zero-order valence-electron chi connectivity index (χ0n) is 12.0. The van der Waals surface area contributed by atoms with E-state index in [-0.39, 0.29) is 0 Å². The minimum atomic E-state index is 0.836. The maximum atomic E-state index is 5.35. The summed E-state index contributed by atoms with van der Waals surface area (Å²) in [6.07, 6.45) is 11.6. The number of fused-ring (bicyclic) bond motifs is 3. The van der Waals surface area contributed by atoms with E-state index in [1.54, 1.807) is 22.3 Å². The Morgan fingerprint density at radius 2 is 2.05 bits per heavy atom. The predicted octanol–water partition coefficient (Wildman–Crippen LogP) is 5.16. The fourth-order valence-electron chi connectivity index (χ4n) is 3.96. The van der Waals surface area contributed by atoms with Crippen LogP contribution in [0.5, 0.6) is 0 Å². The zero-order valence-corrected chi connectivity index (χ0v) is 12.8. The van der Waals surface area contributed by atoms with Crippen LogP contribution in [0.2, 0.25) is 0 Å². The molecule has 0 nitrogen and oxygen atoms in total. The van der Waals surface area contributed by atoms with Gasteiger partial charge in [-0.15, -0.1) is 0 Å². The molecule has 1 atom stereocenters. The first-order valence-corrected chi connectivity index (χ1v) is 8.35. The second-order valence-electron chi connectivity index (χ2n) is 6.15. The summed E-state index contributed by atoms with van der Waals surface area (Å²) in [7, 11) is 0. The minimum Gasteiger partial charge on any atom is -0.0897 e. The van der Waals surface area contributed by atoms with Gasteiger partial charge in [-0.1, -0.05) is 31.3 Å². The van der Waals surface area contributed by atoms with E-state index >= 15 is 0 Å². The van der Waals surface area contributed by atoms with E-state index in [2.05, 4.69) is 19.1 Å². The molecule has 0 N–H and O–H groups in total. The van der Waals surface area contributed by atoms with Gasteiger partial charge < -0.3 is 0 Å². The third kappa shape index (κ3) is 2.63. The highest BCUT2D eigenvalue weighted by atomic mass is 32.1. The highest BCUT2D eigenvalue weighted by molar-refractivity contribution is 7.80.